The number of hydrogen-bond acceptors (Lipinski definition) is 10. The second-order valence-corrected chi connectivity index (χ2v) is 13.5. The first-order chi connectivity index (χ1) is 19.7. The lowest BCUT2D eigenvalue weighted by molar-refractivity contribution is 0.172. The van der Waals surface area contributed by atoms with Crippen LogP contribution in [0.4, 0.5) is 34.5 Å². The van der Waals surface area contributed by atoms with Gasteiger partial charge < -0.3 is 29.9 Å². The van der Waals surface area contributed by atoms with Crippen molar-refractivity contribution < 1.29 is 17.9 Å². The van der Waals surface area contributed by atoms with Crippen molar-refractivity contribution in [3.63, 3.8) is 0 Å². The van der Waals surface area contributed by atoms with Crippen molar-refractivity contribution in [3.05, 3.63) is 46.6 Å². The molecule has 0 aliphatic carbocycles. The first kappa shape index (κ1) is 27.9. The van der Waals surface area contributed by atoms with Crippen molar-refractivity contribution >= 4 is 60.5 Å². The Morgan fingerprint density at radius 1 is 1.00 bits per heavy atom. The van der Waals surface area contributed by atoms with Gasteiger partial charge in [0.15, 0.2) is 11.5 Å². The number of nitrogens with zero attached hydrogens (tertiary/aromatic N) is 5. The summed E-state index contributed by atoms with van der Waals surface area (Å²) >= 11 is 3.53. The number of ether oxygens (including phenoxy) is 2. The van der Waals surface area contributed by atoms with Crippen LogP contribution in [-0.2, 0) is 16.4 Å². The molecule has 0 bridgehead atoms. The van der Waals surface area contributed by atoms with E-state index in [2.05, 4.69) is 61.5 Å². The van der Waals surface area contributed by atoms with Crippen LogP contribution in [0, 0.1) is 0 Å². The van der Waals surface area contributed by atoms with Gasteiger partial charge in [0.1, 0.15) is 19.0 Å². The molecule has 2 aromatic carbocycles. The fourth-order valence-corrected chi connectivity index (χ4v) is 6.97. The number of halogens is 1. The highest BCUT2D eigenvalue weighted by Gasteiger charge is 2.30. The zero-order valence-corrected chi connectivity index (χ0v) is 25.8. The van der Waals surface area contributed by atoms with E-state index in [1.54, 1.807) is 6.20 Å². The van der Waals surface area contributed by atoms with Crippen LogP contribution in [0.1, 0.15) is 18.4 Å². The third kappa shape index (κ3) is 5.62. The number of rotatable bonds is 7. The maximum atomic E-state index is 12.4. The smallest absolute Gasteiger partial charge is 0.232 e. The molecule has 0 amide bonds. The molecule has 2 N–H and O–H groups in total. The minimum absolute atomic E-state index is 0.360. The molecule has 3 aliphatic rings. The third-order valence-electron chi connectivity index (χ3n) is 7.80. The summed E-state index contributed by atoms with van der Waals surface area (Å²) in [5.41, 5.74) is 4.03. The van der Waals surface area contributed by atoms with Crippen LogP contribution in [0.3, 0.4) is 0 Å². The molecule has 1 fully saturated rings. The molecule has 6 rings (SSSR count). The van der Waals surface area contributed by atoms with Gasteiger partial charge in [-0.05, 0) is 73.1 Å². The van der Waals surface area contributed by atoms with E-state index in [0.717, 1.165) is 42.9 Å². The molecule has 13 heteroatoms. The van der Waals surface area contributed by atoms with Gasteiger partial charge in [-0.3, -0.25) is 4.31 Å². The standard InChI is InChI=1S/C28H34BrN7O4S/c1-34(2)19-10-12-35(13-11-19)23-8-7-22(25-26(23)40-16-15-39-25)32-28-30-17-20(29)27(33-28)31-21-6-4-5-18-9-14-36(24(18)21)41(3,37)38/h4-8,17,19H,9-16H2,1-3H3,(H2,30,31,32,33). The number of sulfonamides is 1. The summed E-state index contributed by atoms with van der Waals surface area (Å²) in [4.78, 5) is 13.8. The van der Waals surface area contributed by atoms with E-state index in [1.165, 1.54) is 10.6 Å². The number of aromatic nitrogens is 2. The number of piperidine rings is 1. The minimum atomic E-state index is -3.41. The lowest BCUT2D eigenvalue weighted by atomic mass is 10.0. The maximum Gasteiger partial charge on any atom is 0.232 e. The van der Waals surface area contributed by atoms with Crippen LogP contribution < -0.4 is 29.3 Å². The van der Waals surface area contributed by atoms with E-state index in [4.69, 9.17) is 14.5 Å². The van der Waals surface area contributed by atoms with Gasteiger partial charge in [0.2, 0.25) is 16.0 Å². The molecule has 218 valence electrons. The Kier molecular flexibility index (Phi) is 7.60. The Bertz CT molecular complexity index is 1560. The van der Waals surface area contributed by atoms with Gasteiger partial charge in [-0.1, -0.05) is 12.1 Å². The zero-order valence-electron chi connectivity index (χ0n) is 23.4. The molecule has 1 aromatic heterocycles. The summed E-state index contributed by atoms with van der Waals surface area (Å²) in [7, 11) is 0.869. The third-order valence-corrected chi connectivity index (χ3v) is 9.55. The monoisotopic (exact) mass is 643 g/mol. The molecule has 4 heterocycles. The van der Waals surface area contributed by atoms with Gasteiger partial charge in [-0.25, -0.2) is 13.4 Å². The topological polar surface area (TPSA) is 112 Å². The molecular weight excluding hydrogens is 610 g/mol. The molecule has 0 atom stereocenters. The number of benzene rings is 2. The average Bonchev–Trinajstić information content (AvgIpc) is 3.41. The van der Waals surface area contributed by atoms with Crippen LogP contribution >= 0.6 is 15.9 Å². The summed E-state index contributed by atoms with van der Waals surface area (Å²) < 4.78 is 39.2. The van der Waals surface area contributed by atoms with E-state index >= 15 is 0 Å². The molecule has 3 aromatic rings. The van der Waals surface area contributed by atoms with E-state index in [9.17, 15) is 8.42 Å². The molecule has 0 radical (unpaired) electrons. The van der Waals surface area contributed by atoms with Crippen molar-refractivity contribution in [3.8, 4) is 11.5 Å². The second-order valence-electron chi connectivity index (χ2n) is 10.7. The molecule has 3 aliphatic heterocycles. The zero-order chi connectivity index (χ0) is 28.7. The predicted octanol–water partition coefficient (Wildman–Crippen LogP) is 4.35. The molecule has 0 saturated carbocycles. The fraction of sp³-hybridized carbons (Fsp3) is 0.429. The van der Waals surface area contributed by atoms with Crippen LogP contribution in [0.15, 0.2) is 41.0 Å². The molecule has 11 nitrogen and oxygen atoms in total. The van der Waals surface area contributed by atoms with E-state index in [0.29, 0.717) is 71.3 Å². The summed E-state index contributed by atoms with van der Waals surface area (Å²) in [6.45, 7) is 3.28. The number of fused-ring (bicyclic) bond motifs is 2. The fourth-order valence-electron chi connectivity index (χ4n) is 5.71. The van der Waals surface area contributed by atoms with Crippen LogP contribution in [0.2, 0.25) is 0 Å². The van der Waals surface area contributed by atoms with Gasteiger partial charge in [-0.2, -0.15) is 4.98 Å². The normalized spacial score (nSPS) is 17.1. The van der Waals surface area contributed by atoms with Gasteiger partial charge in [0.25, 0.3) is 0 Å². The molecular formula is C28H34BrN7O4S. The van der Waals surface area contributed by atoms with Crippen molar-refractivity contribution in [2.75, 3.05) is 73.0 Å². The Balaban J connectivity index is 1.26. The SMILES string of the molecule is CN(C)C1CCN(c2ccc(Nc3ncc(Br)c(Nc4cccc5c4N(S(C)(=O)=O)CC5)n3)c3c2OCCO3)CC1. The summed E-state index contributed by atoms with van der Waals surface area (Å²) in [5, 5.41) is 6.62. The lowest BCUT2D eigenvalue weighted by Crippen LogP contribution is -2.42. The van der Waals surface area contributed by atoms with Crippen LogP contribution in [0.5, 0.6) is 11.5 Å². The Labute approximate surface area is 249 Å². The van der Waals surface area contributed by atoms with Gasteiger partial charge >= 0.3 is 0 Å². The van der Waals surface area contributed by atoms with E-state index < -0.39 is 10.0 Å². The summed E-state index contributed by atoms with van der Waals surface area (Å²) in [6.07, 6.45) is 5.73. The first-order valence-corrected chi connectivity index (χ1v) is 16.3. The number of para-hydroxylation sites is 1. The van der Waals surface area contributed by atoms with Crippen molar-refractivity contribution in [1.82, 2.24) is 14.9 Å². The Hall–Kier alpha value is -3.29. The number of nitrogens with one attached hydrogen (secondary N) is 2. The summed E-state index contributed by atoms with van der Waals surface area (Å²) in [5.74, 6) is 2.25. The minimum Gasteiger partial charge on any atom is -0.484 e. The van der Waals surface area contributed by atoms with Gasteiger partial charge in [0.05, 0.1) is 33.5 Å². The largest absolute Gasteiger partial charge is 0.484 e. The van der Waals surface area contributed by atoms with Crippen molar-refractivity contribution in [2.45, 2.75) is 25.3 Å². The van der Waals surface area contributed by atoms with Crippen molar-refractivity contribution in [1.29, 1.82) is 0 Å². The predicted molar refractivity (Wildman–Crippen MR) is 165 cm³/mol. The lowest BCUT2D eigenvalue weighted by Gasteiger charge is -2.38. The molecule has 0 spiro atoms. The highest BCUT2D eigenvalue weighted by Crippen LogP contribution is 2.46. The number of hydrogen-bond donors (Lipinski definition) is 2. The Morgan fingerprint density at radius 2 is 1.76 bits per heavy atom. The average molecular weight is 645 g/mol. The van der Waals surface area contributed by atoms with Gasteiger partial charge in [0, 0.05) is 31.9 Å². The van der Waals surface area contributed by atoms with E-state index in [-0.39, 0.29) is 0 Å². The van der Waals surface area contributed by atoms with Crippen LogP contribution in [0.25, 0.3) is 0 Å². The second kappa shape index (κ2) is 11.2. The van der Waals surface area contributed by atoms with Crippen molar-refractivity contribution in [2.24, 2.45) is 0 Å². The highest BCUT2D eigenvalue weighted by atomic mass is 79.9. The number of anilines is 6. The maximum absolute atomic E-state index is 12.4. The summed E-state index contributed by atoms with van der Waals surface area (Å²) in [6, 6.07) is 10.3. The quantitative estimate of drug-likeness (QED) is 0.385. The van der Waals surface area contributed by atoms with Gasteiger partial charge in [-0.15, -0.1) is 0 Å². The highest BCUT2D eigenvalue weighted by molar-refractivity contribution is 9.10. The molecule has 41 heavy (non-hydrogen) atoms. The van der Waals surface area contributed by atoms with Crippen LogP contribution in [-0.4, -0.2) is 82.5 Å². The molecule has 1 saturated heterocycles. The first-order valence-electron chi connectivity index (χ1n) is 13.7. The van der Waals surface area contributed by atoms with E-state index in [1.807, 2.05) is 24.3 Å². The Morgan fingerprint density at radius 3 is 2.49 bits per heavy atom. The molecule has 0 unspecified atom stereocenters.